The lowest BCUT2D eigenvalue weighted by Gasteiger charge is -2.18. The number of carbonyl (C=O) groups is 1. The Hall–Kier alpha value is -3.48. The maximum absolute atomic E-state index is 12.6. The summed E-state index contributed by atoms with van der Waals surface area (Å²) in [7, 11) is 1.56. The Morgan fingerprint density at radius 3 is 2.67 bits per heavy atom. The molecule has 0 bridgehead atoms. The zero-order chi connectivity index (χ0) is 21.5. The van der Waals surface area contributed by atoms with Crippen molar-refractivity contribution >= 4 is 5.91 Å². The zero-order valence-electron chi connectivity index (χ0n) is 17.0. The molecule has 1 atom stereocenters. The Kier molecular flexibility index (Phi) is 6.95. The first kappa shape index (κ1) is 21.2. The van der Waals surface area contributed by atoms with Gasteiger partial charge in [-0.25, -0.2) is 0 Å². The van der Waals surface area contributed by atoms with Crippen LogP contribution in [0.25, 0.3) is 0 Å². The van der Waals surface area contributed by atoms with Gasteiger partial charge in [0.25, 0.3) is 0 Å². The first-order valence-corrected chi connectivity index (χ1v) is 9.74. The van der Waals surface area contributed by atoms with Crippen LogP contribution in [0, 0.1) is 6.92 Å². The molecule has 7 nitrogen and oxygen atoms in total. The van der Waals surface area contributed by atoms with Crippen molar-refractivity contribution in [3.05, 3.63) is 81.8 Å². The molecule has 2 aromatic heterocycles. The van der Waals surface area contributed by atoms with Crippen molar-refractivity contribution < 1.29 is 23.5 Å². The molecule has 0 radical (unpaired) electrons. The largest absolute Gasteiger partial charge is 0.502 e. The SMILES string of the molecule is COc1ccc(C(CC(=O)NCCCc2ccco2)c2oc(C)cc(=O)c2O)cc1. The second-order valence-electron chi connectivity index (χ2n) is 7.00. The van der Waals surface area contributed by atoms with Crippen LogP contribution in [0.5, 0.6) is 11.5 Å². The third kappa shape index (κ3) is 5.31. The van der Waals surface area contributed by atoms with E-state index in [1.807, 2.05) is 12.1 Å². The van der Waals surface area contributed by atoms with Crippen LogP contribution in [-0.2, 0) is 11.2 Å². The minimum Gasteiger partial charge on any atom is -0.502 e. The van der Waals surface area contributed by atoms with Gasteiger partial charge < -0.3 is 24.0 Å². The number of nitrogens with one attached hydrogen (secondary N) is 1. The van der Waals surface area contributed by atoms with E-state index in [0.29, 0.717) is 18.1 Å². The Morgan fingerprint density at radius 2 is 2.00 bits per heavy atom. The normalized spacial score (nSPS) is 11.8. The number of aromatic hydroxyl groups is 1. The molecule has 2 N–H and O–H groups in total. The van der Waals surface area contributed by atoms with E-state index < -0.39 is 17.1 Å². The van der Waals surface area contributed by atoms with Gasteiger partial charge in [0.2, 0.25) is 17.1 Å². The molecule has 0 aliphatic carbocycles. The van der Waals surface area contributed by atoms with Gasteiger partial charge in [-0.1, -0.05) is 12.1 Å². The Bertz CT molecular complexity index is 1020. The molecule has 0 fully saturated rings. The lowest BCUT2D eigenvalue weighted by atomic mass is 9.91. The van der Waals surface area contributed by atoms with Crippen LogP contribution >= 0.6 is 0 Å². The number of ether oxygens (including phenoxy) is 1. The predicted molar refractivity (Wildman–Crippen MR) is 111 cm³/mol. The average molecular weight is 411 g/mol. The van der Waals surface area contributed by atoms with Gasteiger partial charge in [0.15, 0.2) is 5.76 Å². The number of aryl methyl sites for hydroxylation is 2. The molecule has 0 spiro atoms. The van der Waals surface area contributed by atoms with E-state index in [1.54, 1.807) is 44.6 Å². The Morgan fingerprint density at radius 1 is 1.23 bits per heavy atom. The van der Waals surface area contributed by atoms with Gasteiger partial charge in [0.1, 0.15) is 17.3 Å². The lowest BCUT2D eigenvalue weighted by Crippen LogP contribution is -2.27. The Balaban J connectivity index is 1.75. The highest BCUT2D eigenvalue weighted by molar-refractivity contribution is 5.77. The van der Waals surface area contributed by atoms with Crippen molar-refractivity contribution in [2.75, 3.05) is 13.7 Å². The number of carbonyl (C=O) groups excluding carboxylic acids is 1. The van der Waals surface area contributed by atoms with E-state index in [4.69, 9.17) is 13.6 Å². The monoisotopic (exact) mass is 411 g/mol. The van der Waals surface area contributed by atoms with Crippen LogP contribution in [0.1, 0.15) is 41.6 Å². The van der Waals surface area contributed by atoms with E-state index >= 15 is 0 Å². The molecular weight excluding hydrogens is 386 g/mol. The van der Waals surface area contributed by atoms with Crippen molar-refractivity contribution in [2.24, 2.45) is 0 Å². The second-order valence-corrected chi connectivity index (χ2v) is 7.00. The summed E-state index contributed by atoms with van der Waals surface area (Å²) in [5.74, 6) is 0.669. The summed E-state index contributed by atoms with van der Waals surface area (Å²) in [6.45, 7) is 2.11. The van der Waals surface area contributed by atoms with Crippen LogP contribution < -0.4 is 15.5 Å². The third-order valence-electron chi connectivity index (χ3n) is 4.80. The molecule has 3 aromatic rings. The molecule has 1 amide bonds. The predicted octanol–water partition coefficient (Wildman–Crippen LogP) is 3.53. The highest BCUT2D eigenvalue weighted by atomic mass is 16.5. The van der Waals surface area contributed by atoms with Crippen molar-refractivity contribution in [2.45, 2.75) is 32.1 Å². The minimum atomic E-state index is -0.617. The number of furan rings is 1. The molecular formula is C23H25NO6. The summed E-state index contributed by atoms with van der Waals surface area (Å²) >= 11 is 0. The van der Waals surface area contributed by atoms with Crippen molar-refractivity contribution in [3.63, 3.8) is 0 Å². The topological polar surface area (TPSA) is 102 Å². The van der Waals surface area contributed by atoms with E-state index in [9.17, 15) is 14.7 Å². The molecule has 1 unspecified atom stereocenters. The van der Waals surface area contributed by atoms with E-state index in [-0.39, 0.29) is 18.1 Å². The summed E-state index contributed by atoms with van der Waals surface area (Å²) in [4.78, 5) is 24.7. The van der Waals surface area contributed by atoms with Gasteiger partial charge in [0.05, 0.1) is 19.3 Å². The lowest BCUT2D eigenvalue weighted by molar-refractivity contribution is -0.121. The molecule has 158 valence electrons. The first-order chi connectivity index (χ1) is 14.5. The van der Waals surface area contributed by atoms with E-state index in [2.05, 4.69) is 5.32 Å². The number of rotatable bonds is 9. The van der Waals surface area contributed by atoms with Crippen LogP contribution in [0.2, 0.25) is 0 Å². The second kappa shape index (κ2) is 9.82. The van der Waals surface area contributed by atoms with Gasteiger partial charge in [-0.05, 0) is 43.2 Å². The molecule has 1 aromatic carbocycles. The molecule has 2 heterocycles. The van der Waals surface area contributed by atoms with Crippen molar-refractivity contribution in [1.29, 1.82) is 0 Å². The Labute approximate surface area is 174 Å². The summed E-state index contributed by atoms with van der Waals surface area (Å²) in [5.41, 5.74) is 0.191. The smallest absolute Gasteiger partial charge is 0.227 e. The standard InChI is InChI=1S/C23H25NO6/c1-15-13-20(25)22(27)23(30-15)19(16-7-9-17(28-2)10-8-16)14-21(26)24-11-3-5-18-6-4-12-29-18/h4,6-10,12-13,19,27H,3,5,11,14H2,1-2H3,(H,24,26). The van der Waals surface area contributed by atoms with Gasteiger partial charge in [-0.15, -0.1) is 0 Å². The fraction of sp³-hybridized carbons (Fsp3) is 0.304. The number of hydrogen-bond donors (Lipinski definition) is 2. The summed E-state index contributed by atoms with van der Waals surface area (Å²) in [6.07, 6.45) is 3.10. The van der Waals surface area contributed by atoms with Crippen LogP contribution in [0.15, 0.2) is 62.4 Å². The molecule has 30 heavy (non-hydrogen) atoms. The van der Waals surface area contributed by atoms with Crippen LogP contribution in [0.4, 0.5) is 0 Å². The molecule has 3 rings (SSSR count). The maximum Gasteiger partial charge on any atom is 0.227 e. The van der Waals surface area contributed by atoms with Crippen molar-refractivity contribution in [1.82, 2.24) is 5.32 Å². The molecule has 0 aliphatic heterocycles. The average Bonchev–Trinajstić information content (AvgIpc) is 3.26. The van der Waals surface area contributed by atoms with E-state index in [0.717, 1.165) is 24.2 Å². The number of hydrogen-bond acceptors (Lipinski definition) is 6. The van der Waals surface area contributed by atoms with Crippen LogP contribution in [0.3, 0.4) is 0 Å². The highest BCUT2D eigenvalue weighted by Crippen LogP contribution is 2.33. The molecule has 7 heteroatoms. The molecule has 0 saturated carbocycles. The van der Waals surface area contributed by atoms with Gasteiger partial charge in [0, 0.05) is 25.5 Å². The van der Waals surface area contributed by atoms with Gasteiger partial charge in [-0.3, -0.25) is 9.59 Å². The maximum atomic E-state index is 12.6. The number of benzene rings is 1. The first-order valence-electron chi connectivity index (χ1n) is 9.74. The minimum absolute atomic E-state index is 0.0209. The number of methoxy groups -OCH3 is 1. The van der Waals surface area contributed by atoms with E-state index in [1.165, 1.54) is 6.07 Å². The summed E-state index contributed by atoms with van der Waals surface area (Å²) in [5, 5.41) is 13.2. The van der Waals surface area contributed by atoms with Crippen LogP contribution in [-0.4, -0.2) is 24.7 Å². The van der Waals surface area contributed by atoms with Crippen molar-refractivity contribution in [3.8, 4) is 11.5 Å². The number of amides is 1. The molecule has 0 aliphatic rings. The highest BCUT2D eigenvalue weighted by Gasteiger charge is 2.25. The van der Waals surface area contributed by atoms with Gasteiger partial charge in [-0.2, -0.15) is 0 Å². The fourth-order valence-corrected chi connectivity index (χ4v) is 3.26. The third-order valence-corrected chi connectivity index (χ3v) is 4.80. The van der Waals surface area contributed by atoms with Gasteiger partial charge >= 0.3 is 0 Å². The molecule has 0 saturated heterocycles. The summed E-state index contributed by atoms with van der Waals surface area (Å²) in [6, 6.07) is 12.0. The summed E-state index contributed by atoms with van der Waals surface area (Å²) < 4.78 is 16.1. The zero-order valence-corrected chi connectivity index (χ0v) is 17.0. The fourth-order valence-electron chi connectivity index (χ4n) is 3.26. The quantitative estimate of drug-likeness (QED) is 0.522.